The molecule has 6 nitrogen and oxygen atoms in total. The smallest absolute Gasteiger partial charge is 0.173 e. The fourth-order valence-electron chi connectivity index (χ4n) is 2.41. The van der Waals surface area contributed by atoms with Crippen LogP contribution in [0, 0.1) is 0 Å². The number of pyridine rings is 1. The molecule has 1 heterocycles. The molecule has 0 aliphatic heterocycles. The topological polar surface area (TPSA) is 95.0 Å². The van der Waals surface area contributed by atoms with E-state index >= 15 is 0 Å². The van der Waals surface area contributed by atoms with Crippen LogP contribution in [0.2, 0.25) is 0 Å². The quantitative estimate of drug-likeness (QED) is 0.336. The number of amidine groups is 1. The Hall–Kier alpha value is -2.34. The van der Waals surface area contributed by atoms with E-state index in [0.717, 1.165) is 16.6 Å². The van der Waals surface area contributed by atoms with Gasteiger partial charge in [-0.3, -0.25) is 4.98 Å². The molecule has 0 fully saturated rings. The number of para-hydroxylation sites is 1. The average Bonchev–Trinajstić information content (AvgIpc) is 2.50. The number of hydrogen-bond donors (Lipinski definition) is 3. The van der Waals surface area contributed by atoms with E-state index in [1.165, 1.54) is 0 Å². The van der Waals surface area contributed by atoms with Gasteiger partial charge in [0, 0.05) is 24.2 Å². The molecule has 0 aliphatic rings. The zero-order valence-corrected chi connectivity index (χ0v) is 12.2. The van der Waals surface area contributed by atoms with E-state index in [1.54, 1.807) is 6.20 Å². The van der Waals surface area contributed by atoms with E-state index in [2.05, 4.69) is 10.1 Å². The van der Waals surface area contributed by atoms with Gasteiger partial charge in [0.1, 0.15) is 0 Å². The molecular weight excluding hydrogens is 268 g/mol. The third kappa shape index (κ3) is 2.90. The van der Waals surface area contributed by atoms with Crippen LogP contribution in [0.1, 0.15) is 19.4 Å². The summed E-state index contributed by atoms with van der Waals surface area (Å²) in [5.74, 6) is 0.00634. The number of oxime groups is 1. The van der Waals surface area contributed by atoms with Crippen molar-refractivity contribution >= 4 is 22.4 Å². The van der Waals surface area contributed by atoms with Crippen LogP contribution in [0.3, 0.4) is 0 Å². The molecule has 1 aromatic heterocycles. The number of fused-ring (bicyclic) bond motifs is 1. The number of hydrogen-bond acceptors (Lipinski definition) is 5. The van der Waals surface area contributed by atoms with Crippen LogP contribution >= 0.6 is 0 Å². The lowest BCUT2D eigenvalue weighted by molar-refractivity contribution is 0.299. The van der Waals surface area contributed by atoms with Crippen molar-refractivity contribution in [3.8, 4) is 0 Å². The van der Waals surface area contributed by atoms with Crippen molar-refractivity contribution in [2.24, 2.45) is 10.9 Å². The van der Waals surface area contributed by atoms with Crippen LogP contribution in [0.15, 0.2) is 35.6 Å². The molecule has 1 aromatic carbocycles. The van der Waals surface area contributed by atoms with Gasteiger partial charge in [-0.1, -0.05) is 23.4 Å². The summed E-state index contributed by atoms with van der Waals surface area (Å²) in [7, 11) is 0. The zero-order valence-electron chi connectivity index (χ0n) is 12.2. The summed E-state index contributed by atoms with van der Waals surface area (Å²) in [5, 5.41) is 22.3. The highest BCUT2D eigenvalue weighted by Gasteiger charge is 2.20. The fraction of sp³-hybridized carbons (Fsp3) is 0.333. The van der Waals surface area contributed by atoms with Gasteiger partial charge < -0.3 is 20.9 Å². The summed E-state index contributed by atoms with van der Waals surface area (Å²) in [6, 6.07) is 7.83. The number of benzene rings is 1. The Kier molecular flexibility index (Phi) is 4.59. The largest absolute Gasteiger partial charge is 0.409 e. The first-order chi connectivity index (χ1) is 10.1. The van der Waals surface area contributed by atoms with Crippen LogP contribution in [0.25, 0.3) is 10.9 Å². The Morgan fingerprint density at radius 2 is 2.10 bits per heavy atom. The molecule has 2 rings (SSSR count). The molecule has 4 N–H and O–H groups in total. The van der Waals surface area contributed by atoms with E-state index in [9.17, 15) is 5.11 Å². The molecule has 0 unspecified atom stereocenters. The standard InChI is InChI=1S/C15H20N4O2/c1-10(2)19(7-8-20)14-11-5-3-4-6-13(11)17-9-12(14)15(16)18-21/h3-6,9-10,20-21H,7-8H2,1-2H3,(H2,16,18). The Balaban J connectivity index is 2.76. The molecule has 0 radical (unpaired) electrons. The first-order valence-electron chi connectivity index (χ1n) is 6.83. The number of rotatable bonds is 5. The Morgan fingerprint density at radius 1 is 1.38 bits per heavy atom. The molecule has 2 aromatic rings. The molecule has 112 valence electrons. The molecule has 0 amide bonds. The number of anilines is 1. The number of aliphatic hydroxyl groups excluding tert-OH is 1. The first-order valence-corrected chi connectivity index (χ1v) is 6.83. The highest BCUT2D eigenvalue weighted by atomic mass is 16.4. The van der Waals surface area contributed by atoms with Crippen molar-refractivity contribution in [3.05, 3.63) is 36.0 Å². The van der Waals surface area contributed by atoms with Crippen LogP contribution in [-0.4, -0.2) is 40.3 Å². The van der Waals surface area contributed by atoms with Gasteiger partial charge in [-0.15, -0.1) is 0 Å². The van der Waals surface area contributed by atoms with E-state index in [1.807, 2.05) is 43.0 Å². The first kappa shape index (κ1) is 15.1. The summed E-state index contributed by atoms with van der Waals surface area (Å²) < 4.78 is 0. The monoisotopic (exact) mass is 288 g/mol. The lowest BCUT2D eigenvalue weighted by Gasteiger charge is -2.31. The SMILES string of the molecule is CC(C)N(CCO)c1c(C(N)=NO)cnc2ccccc12. The normalized spacial score (nSPS) is 12.1. The van der Waals surface area contributed by atoms with Crippen molar-refractivity contribution < 1.29 is 10.3 Å². The summed E-state index contributed by atoms with van der Waals surface area (Å²) in [6.07, 6.45) is 1.60. The van der Waals surface area contributed by atoms with Crippen molar-refractivity contribution in [2.75, 3.05) is 18.1 Å². The van der Waals surface area contributed by atoms with Crippen LogP contribution < -0.4 is 10.6 Å². The maximum atomic E-state index is 9.34. The van der Waals surface area contributed by atoms with Crippen molar-refractivity contribution in [3.63, 3.8) is 0 Å². The van der Waals surface area contributed by atoms with E-state index in [4.69, 9.17) is 10.9 Å². The van der Waals surface area contributed by atoms with Gasteiger partial charge in [-0.25, -0.2) is 0 Å². The Morgan fingerprint density at radius 3 is 2.71 bits per heavy atom. The van der Waals surface area contributed by atoms with Gasteiger partial charge >= 0.3 is 0 Å². The third-order valence-electron chi connectivity index (χ3n) is 3.38. The number of aromatic nitrogens is 1. The van der Waals surface area contributed by atoms with Gasteiger partial charge in [0.15, 0.2) is 5.84 Å². The van der Waals surface area contributed by atoms with Gasteiger partial charge in [-0.05, 0) is 19.9 Å². The summed E-state index contributed by atoms with van der Waals surface area (Å²) in [5.41, 5.74) is 7.99. The van der Waals surface area contributed by atoms with Crippen molar-refractivity contribution in [2.45, 2.75) is 19.9 Å². The van der Waals surface area contributed by atoms with Gasteiger partial charge in [0.05, 0.1) is 23.4 Å². The highest BCUT2D eigenvalue weighted by Crippen LogP contribution is 2.30. The summed E-state index contributed by atoms with van der Waals surface area (Å²) in [4.78, 5) is 6.38. The average molecular weight is 288 g/mol. The number of nitrogens with zero attached hydrogens (tertiary/aromatic N) is 3. The second-order valence-corrected chi connectivity index (χ2v) is 5.03. The van der Waals surface area contributed by atoms with Crippen molar-refractivity contribution in [1.82, 2.24) is 4.98 Å². The number of aliphatic hydroxyl groups is 1. The molecule has 6 heteroatoms. The Labute approximate surface area is 123 Å². The minimum Gasteiger partial charge on any atom is -0.409 e. The van der Waals surface area contributed by atoms with E-state index in [0.29, 0.717) is 12.1 Å². The molecule has 0 saturated heterocycles. The third-order valence-corrected chi connectivity index (χ3v) is 3.38. The number of nitrogens with two attached hydrogens (primary N) is 1. The van der Waals surface area contributed by atoms with Crippen LogP contribution in [0.4, 0.5) is 5.69 Å². The van der Waals surface area contributed by atoms with Crippen LogP contribution in [0.5, 0.6) is 0 Å². The van der Waals surface area contributed by atoms with Gasteiger partial charge in [0.25, 0.3) is 0 Å². The second kappa shape index (κ2) is 6.41. The summed E-state index contributed by atoms with van der Waals surface area (Å²) >= 11 is 0. The zero-order chi connectivity index (χ0) is 15.4. The lowest BCUT2D eigenvalue weighted by atomic mass is 10.1. The van der Waals surface area contributed by atoms with E-state index in [-0.39, 0.29) is 18.5 Å². The minimum absolute atomic E-state index is 0.00634. The van der Waals surface area contributed by atoms with Crippen molar-refractivity contribution in [1.29, 1.82) is 0 Å². The van der Waals surface area contributed by atoms with E-state index < -0.39 is 0 Å². The van der Waals surface area contributed by atoms with Gasteiger partial charge in [-0.2, -0.15) is 0 Å². The fourth-order valence-corrected chi connectivity index (χ4v) is 2.41. The van der Waals surface area contributed by atoms with Gasteiger partial charge in [0.2, 0.25) is 0 Å². The molecule has 0 spiro atoms. The summed E-state index contributed by atoms with van der Waals surface area (Å²) in [6.45, 7) is 4.53. The molecule has 0 aliphatic carbocycles. The predicted octanol–water partition coefficient (Wildman–Crippen LogP) is 1.54. The maximum absolute atomic E-state index is 9.34. The Bertz CT molecular complexity index is 655. The minimum atomic E-state index is 0.00634. The maximum Gasteiger partial charge on any atom is 0.173 e. The molecule has 0 saturated carbocycles. The lowest BCUT2D eigenvalue weighted by Crippen LogP contribution is -2.35. The molecule has 0 atom stereocenters. The molecule has 21 heavy (non-hydrogen) atoms. The predicted molar refractivity (Wildman–Crippen MR) is 83.8 cm³/mol. The van der Waals surface area contributed by atoms with Crippen LogP contribution in [-0.2, 0) is 0 Å². The second-order valence-electron chi connectivity index (χ2n) is 5.03. The molecular formula is C15H20N4O2. The molecule has 0 bridgehead atoms. The highest BCUT2D eigenvalue weighted by molar-refractivity contribution is 6.08.